The lowest BCUT2D eigenvalue weighted by Crippen LogP contribution is -2.25. The van der Waals surface area contributed by atoms with E-state index in [9.17, 15) is 43.8 Å². The van der Waals surface area contributed by atoms with E-state index in [2.05, 4.69) is 98.8 Å². The van der Waals surface area contributed by atoms with Crippen LogP contribution in [0, 0.1) is 0 Å². The molecule has 15 nitrogen and oxygen atoms in total. The van der Waals surface area contributed by atoms with Gasteiger partial charge in [-0.3, -0.25) is 27.7 Å². The molecule has 5 unspecified atom stereocenters. The van der Waals surface area contributed by atoms with E-state index >= 15 is 0 Å². The van der Waals surface area contributed by atoms with Gasteiger partial charge in [-0.1, -0.05) is 143 Å². The molecule has 0 heterocycles. The van der Waals surface area contributed by atoms with Gasteiger partial charge in [0.1, 0.15) is 31.5 Å². The maximum atomic E-state index is 12.1. The Morgan fingerprint density at radius 1 is 0.422 bits per heavy atom. The molecule has 0 aromatic heterocycles. The second-order valence-electron chi connectivity index (χ2n) is 14.7. The van der Waals surface area contributed by atoms with Gasteiger partial charge in [0.05, 0.1) is 26.4 Å². The first kappa shape index (κ1) is 61.0. The Balaban J connectivity index is 4.05. The molecule has 366 valence electrons. The maximum Gasteiger partial charge on any atom is 0.472 e. The normalized spacial score (nSPS) is 16.0. The third kappa shape index (κ3) is 44.2. The second kappa shape index (κ2) is 42.6. The molecule has 0 rings (SSSR count). The van der Waals surface area contributed by atoms with E-state index in [0.717, 1.165) is 44.9 Å². The summed E-state index contributed by atoms with van der Waals surface area (Å²) in [5.41, 5.74) is 0. The Morgan fingerprint density at radius 2 is 0.719 bits per heavy atom. The van der Waals surface area contributed by atoms with E-state index < -0.39 is 85.5 Å². The average molecular weight is 945 g/mol. The quantitative estimate of drug-likeness (QED) is 0.0166. The van der Waals surface area contributed by atoms with E-state index in [1.54, 1.807) is 0 Å². The number of carbonyl (C=O) groups excluding carboxylic acids is 2. The summed E-state index contributed by atoms with van der Waals surface area (Å²) in [6, 6.07) is 0. The van der Waals surface area contributed by atoms with Gasteiger partial charge in [0.15, 0.2) is 0 Å². The SMILES string of the molecule is CC/C=C\C/C=C\C/C=C\C/C=C\C/C=C\C/C=C\CCC(=O)OCC(O)COP(=O)(O)OCC(O)COP(=O)(O)OCC(O)COC(=O)CC/C=C/C/C=C\CCCCCCCC. The fourth-order valence-corrected chi connectivity index (χ4v) is 6.64. The predicted octanol–water partition coefficient (Wildman–Crippen LogP) is 9.93. The van der Waals surface area contributed by atoms with Crippen molar-refractivity contribution in [2.24, 2.45) is 0 Å². The van der Waals surface area contributed by atoms with Gasteiger partial charge in [-0.15, -0.1) is 0 Å². The van der Waals surface area contributed by atoms with Gasteiger partial charge in [-0.25, -0.2) is 9.13 Å². The molecular weight excluding hydrogens is 866 g/mol. The molecule has 17 heteroatoms. The third-order valence-corrected chi connectivity index (χ3v) is 10.5. The summed E-state index contributed by atoms with van der Waals surface area (Å²) in [7, 11) is -9.61. The number of ether oxygens (including phenoxy) is 2. The van der Waals surface area contributed by atoms with E-state index in [-0.39, 0.29) is 12.8 Å². The summed E-state index contributed by atoms with van der Waals surface area (Å²) in [6.07, 6.45) is 44.4. The number of phosphoric acid groups is 2. The van der Waals surface area contributed by atoms with Gasteiger partial charge >= 0.3 is 27.6 Å². The molecule has 0 fully saturated rings. The van der Waals surface area contributed by atoms with Crippen molar-refractivity contribution in [3.63, 3.8) is 0 Å². The standard InChI is InChI=1S/C47H78O15P2/c1-3-5-7-9-11-13-15-17-18-19-20-21-22-24-26-28-30-32-34-36-47(52)58-38-44(49)40-60-64(55,56)62-42-45(50)41-61-63(53,54)59-39-43(48)37-57-46(51)35-33-31-29-27-25-23-16-14-12-10-8-6-4-2/h5,7,11,13,17-18,20-21,23-26,29-32,43-45,48-50H,3-4,6,8-10,12,14-16,19,22,27-28,33-42H2,1-2H3,(H,53,54)(H,55,56)/b7-5-,13-11-,18-17-,21-20-,25-23-,26-24-,31-29+,32-30-. The van der Waals surface area contributed by atoms with Gasteiger partial charge < -0.3 is 34.6 Å². The summed E-state index contributed by atoms with van der Waals surface area (Å²) in [6.45, 7) is 0.0962. The molecule has 0 aromatic carbocycles. The number of allylic oxidation sites excluding steroid dienone is 16. The number of rotatable bonds is 42. The van der Waals surface area contributed by atoms with Gasteiger partial charge in [-0.05, 0) is 70.6 Å². The Labute approximate surface area is 382 Å². The highest BCUT2D eigenvalue weighted by Crippen LogP contribution is 2.45. The highest BCUT2D eigenvalue weighted by atomic mass is 31.2. The molecule has 0 saturated carbocycles. The first-order valence-electron chi connectivity index (χ1n) is 22.6. The fourth-order valence-electron chi connectivity index (χ4n) is 5.05. The van der Waals surface area contributed by atoms with Crippen LogP contribution in [-0.4, -0.2) is 95.0 Å². The fraction of sp³-hybridized carbons (Fsp3) is 0.617. The van der Waals surface area contributed by atoms with E-state index in [1.807, 2.05) is 30.4 Å². The third-order valence-electron chi connectivity index (χ3n) is 8.55. The molecular formula is C47H78O15P2. The summed E-state index contributed by atoms with van der Waals surface area (Å²) in [5.74, 6) is -1.15. The van der Waals surface area contributed by atoms with Crippen molar-refractivity contribution >= 4 is 27.6 Å². The van der Waals surface area contributed by atoms with E-state index in [0.29, 0.717) is 19.3 Å². The van der Waals surface area contributed by atoms with Crippen LogP contribution in [0.3, 0.4) is 0 Å². The zero-order valence-electron chi connectivity index (χ0n) is 38.2. The summed E-state index contributed by atoms with van der Waals surface area (Å²) < 4.78 is 52.7. The highest BCUT2D eigenvalue weighted by molar-refractivity contribution is 7.47. The number of unbranched alkanes of at least 4 members (excludes halogenated alkanes) is 6. The molecule has 0 aromatic rings. The zero-order valence-corrected chi connectivity index (χ0v) is 39.9. The van der Waals surface area contributed by atoms with Crippen molar-refractivity contribution in [1.82, 2.24) is 0 Å². The zero-order chi connectivity index (χ0) is 47.4. The Hall–Kier alpha value is -3.04. The van der Waals surface area contributed by atoms with Crippen LogP contribution < -0.4 is 0 Å². The summed E-state index contributed by atoms with van der Waals surface area (Å²) in [4.78, 5) is 43.6. The molecule has 5 atom stereocenters. The van der Waals surface area contributed by atoms with Crippen molar-refractivity contribution in [2.45, 2.75) is 148 Å². The van der Waals surface area contributed by atoms with Crippen LogP contribution in [-0.2, 0) is 46.3 Å². The molecule has 0 aliphatic rings. The minimum absolute atomic E-state index is 0.0649. The number of aliphatic hydroxyl groups is 3. The van der Waals surface area contributed by atoms with Crippen LogP contribution in [0.1, 0.15) is 129 Å². The Bertz CT molecular complexity index is 1520. The smallest absolute Gasteiger partial charge is 0.463 e. The molecule has 0 bridgehead atoms. The highest BCUT2D eigenvalue weighted by Gasteiger charge is 2.28. The molecule has 5 N–H and O–H groups in total. The number of carbonyl (C=O) groups is 2. The van der Waals surface area contributed by atoms with Crippen molar-refractivity contribution in [2.75, 3.05) is 39.6 Å². The van der Waals surface area contributed by atoms with Crippen LogP contribution in [0.2, 0.25) is 0 Å². The van der Waals surface area contributed by atoms with Gasteiger partial charge in [0, 0.05) is 12.8 Å². The molecule has 0 saturated heterocycles. The molecule has 0 radical (unpaired) electrons. The number of phosphoric ester groups is 2. The summed E-state index contributed by atoms with van der Waals surface area (Å²) >= 11 is 0. The van der Waals surface area contributed by atoms with Gasteiger partial charge in [-0.2, -0.15) is 0 Å². The molecule has 0 amide bonds. The molecule has 0 aliphatic carbocycles. The lowest BCUT2D eigenvalue weighted by atomic mass is 10.1. The first-order chi connectivity index (χ1) is 30.8. The lowest BCUT2D eigenvalue weighted by Gasteiger charge is -2.19. The van der Waals surface area contributed by atoms with Crippen LogP contribution in [0.5, 0.6) is 0 Å². The van der Waals surface area contributed by atoms with Crippen LogP contribution in [0.25, 0.3) is 0 Å². The van der Waals surface area contributed by atoms with Crippen molar-refractivity contribution in [3.8, 4) is 0 Å². The number of aliphatic hydroxyl groups excluding tert-OH is 3. The number of hydrogen-bond donors (Lipinski definition) is 5. The number of hydrogen-bond acceptors (Lipinski definition) is 13. The van der Waals surface area contributed by atoms with Crippen LogP contribution in [0.4, 0.5) is 0 Å². The van der Waals surface area contributed by atoms with Crippen molar-refractivity contribution in [3.05, 3.63) is 97.2 Å². The van der Waals surface area contributed by atoms with Crippen LogP contribution in [0.15, 0.2) is 97.2 Å². The predicted molar refractivity (Wildman–Crippen MR) is 251 cm³/mol. The van der Waals surface area contributed by atoms with Gasteiger partial charge in [0.2, 0.25) is 0 Å². The lowest BCUT2D eigenvalue weighted by molar-refractivity contribution is -0.148. The maximum absolute atomic E-state index is 12.1. The van der Waals surface area contributed by atoms with Crippen molar-refractivity contribution < 1.29 is 71.4 Å². The average Bonchev–Trinajstić information content (AvgIpc) is 3.27. The van der Waals surface area contributed by atoms with E-state index in [1.165, 1.54) is 38.5 Å². The van der Waals surface area contributed by atoms with Crippen molar-refractivity contribution in [1.29, 1.82) is 0 Å². The summed E-state index contributed by atoms with van der Waals surface area (Å²) in [5, 5.41) is 29.9. The molecule has 0 spiro atoms. The first-order valence-corrected chi connectivity index (χ1v) is 25.6. The Kier molecular flexibility index (Phi) is 40.6. The topological polar surface area (TPSA) is 225 Å². The monoisotopic (exact) mass is 944 g/mol. The molecule has 0 aliphatic heterocycles. The Morgan fingerprint density at radius 3 is 1.08 bits per heavy atom. The molecule has 64 heavy (non-hydrogen) atoms. The van der Waals surface area contributed by atoms with Crippen LogP contribution >= 0.6 is 15.6 Å². The largest absolute Gasteiger partial charge is 0.472 e. The van der Waals surface area contributed by atoms with Gasteiger partial charge in [0.25, 0.3) is 0 Å². The second-order valence-corrected chi connectivity index (χ2v) is 17.6. The number of esters is 2. The minimum Gasteiger partial charge on any atom is -0.463 e. The van der Waals surface area contributed by atoms with E-state index in [4.69, 9.17) is 9.47 Å². The minimum atomic E-state index is -4.81.